The third-order valence-corrected chi connectivity index (χ3v) is 2.11. The minimum Gasteiger partial charge on any atom is -0.366 e. The Bertz CT molecular complexity index is 103. The van der Waals surface area contributed by atoms with E-state index in [9.17, 15) is 10.2 Å². The molecule has 1 aliphatic heterocycles. The van der Waals surface area contributed by atoms with Crippen molar-refractivity contribution in [2.24, 2.45) is 5.92 Å². The molecule has 1 heterocycles. The Kier molecular flexibility index (Phi) is 2.28. The molecule has 0 bridgehead atoms. The van der Waals surface area contributed by atoms with Crippen molar-refractivity contribution in [2.45, 2.75) is 25.6 Å². The molecular weight excluding hydrogens is 130 g/mol. The van der Waals surface area contributed by atoms with E-state index in [0.717, 1.165) is 25.9 Å². The molecule has 0 aromatic rings. The zero-order chi connectivity index (χ0) is 7.61. The van der Waals surface area contributed by atoms with Gasteiger partial charge in [0.25, 0.3) is 0 Å². The van der Waals surface area contributed by atoms with Gasteiger partial charge in [0.05, 0.1) is 0 Å². The van der Waals surface area contributed by atoms with E-state index < -0.39 is 5.79 Å². The van der Waals surface area contributed by atoms with Crippen LogP contribution in [-0.4, -0.2) is 29.1 Å². The zero-order valence-electron chi connectivity index (χ0n) is 6.30. The molecule has 0 aliphatic carbocycles. The van der Waals surface area contributed by atoms with Crippen molar-refractivity contribution < 1.29 is 10.2 Å². The molecule has 0 saturated carbocycles. The summed E-state index contributed by atoms with van der Waals surface area (Å²) in [5, 5.41) is 21.5. The standard InChI is InChI=1S/C7H15NO2/c1-7(9,10)6-2-4-8-5-3-6/h6,8-10H,2-5H2,1H3. The van der Waals surface area contributed by atoms with Gasteiger partial charge in [0.1, 0.15) is 0 Å². The maximum absolute atomic E-state index is 9.17. The molecule has 1 aliphatic rings. The molecule has 0 spiro atoms. The lowest BCUT2D eigenvalue weighted by Crippen LogP contribution is -2.41. The number of hydrogen-bond donors (Lipinski definition) is 3. The highest BCUT2D eigenvalue weighted by Gasteiger charge is 2.29. The van der Waals surface area contributed by atoms with E-state index in [-0.39, 0.29) is 5.92 Å². The Morgan fingerprint density at radius 3 is 2.10 bits per heavy atom. The molecule has 1 saturated heterocycles. The second-order valence-electron chi connectivity index (χ2n) is 3.12. The Balaban J connectivity index is 2.39. The Hall–Kier alpha value is -0.120. The highest BCUT2D eigenvalue weighted by atomic mass is 16.5. The third kappa shape index (κ3) is 1.94. The number of nitrogens with one attached hydrogen (secondary N) is 1. The smallest absolute Gasteiger partial charge is 0.162 e. The van der Waals surface area contributed by atoms with Gasteiger partial charge in [-0.2, -0.15) is 0 Å². The van der Waals surface area contributed by atoms with E-state index in [2.05, 4.69) is 5.32 Å². The van der Waals surface area contributed by atoms with Crippen LogP contribution in [0.1, 0.15) is 19.8 Å². The van der Waals surface area contributed by atoms with E-state index in [1.807, 2.05) is 0 Å². The summed E-state index contributed by atoms with van der Waals surface area (Å²) in [7, 11) is 0. The number of hydrogen-bond acceptors (Lipinski definition) is 3. The number of rotatable bonds is 1. The van der Waals surface area contributed by atoms with Gasteiger partial charge in [0, 0.05) is 5.92 Å². The van der Waals surface area contributed by atoms with E-state index in [1.54, 1.807) is 0 Å². The van der Waals surface area contributed by atoms with Gasteiger partial charge in [-0.15, -0.1) is 0 Å². The lowest BCUT2D eigenvalue weighted by molar-refractivity contribution is -0.190. The first kappa shape index (κ1) is 7.98. The summed E-state index contributed by atoms with van der Waals surface area (Å²) in [5.41, 5.74) is 0. The van der Waals surface area contributed by atoms with E-state index in [1.165, 1.54) is 6.92 Å². The van der Waals surface area contributed by atoms with E-state index in [0.29, 0.717) is 0 Å². The van der Waals surface area contributed by atoms with E-state index >= 15 is 0 Å². The molecule has 3 nitrogen and oxygen atoms in total. The molecule has 0 unspecified atom stereocenters. The summed E-state index contributed by atoms with van der Waals surface area (Å²) >= 11 is 0. The predicted molar refractivity (Wildman–Crippen MR) is 38.4 cm³/mol. The van der Waals surface area contributed by atoms with Crippen molar-refractivity contribution in [2.75, 3.05) is 13.1 Å². The minimum atomic E-state index is -1.47. The van der Waals surface area contributed by atoms with Crippen LogP contribution in [0.25, 0.3) is 0 Å². The van der Waals surface area contributed by atoms with Gasteiger partial charge >= 0.3 is 0 Å². The fourth-order valence-electron chi connectivity index (χ4n) is 1.37. The Labute approximate surface area is 61.1 Å². The maximum Gasteiger partial charge on any atom is 0.162 e. The fourth-order valence-corrected chi connectivity index (χ4v) is 1.37. The van der Waals surface area contributed by atoms with Crippen LogP contribution in [0.3, 0.4) is 0 Å². The lowest BCUT2D eigenvalue weighted by Gasteiger charge is -2.31. The Morgan fingerprint density at radius 2 is 1.80 bits per heavy atom. The van der Waals surface area contributed by atoms with Crippen LogP contribution < -0.4 is 5.32 Å². The monoisotopic (exact) mass is 145 g/mol. The van der Waals surface area contributed by atoms with Crippen molar-refractivity contribution in [3.8, 4) is 0 Å². The minimum absolute atomic E-state index is 0.0498. The average molecular weight is 145 g/mol. The van der Waals surface area contributed by atoms with Crippen LogP contribution in [0.15, 0.2) is 0 Å². The van der Waals surface area contributed by atoms with Crippen molar-refractivity contribution in [3.05, 3.63) is 0 Å². The van der Waals surface area contributed by atoms with Gasteiger partial charge in [-0.05, 0) is 32.9 Å². The largest absolute Gasteiger partial charge is 0.366 e. The lowest BCUT2D eigenvalue weighted by atomic mass is 9.90. The highest BCUT2D eigenvalue weighted by molar-refractivity contribution is 4.76. The summed E-state index contributed by atoms with van der Waals surface area (Å²) in [5.74, 6) is -1.42. The van der Waals surface area contributed by atoms with E-state index in [4.69, 9.17) is 0 Å². The van der Waals surface area contributed by atoms with Gasteiger partial charge in [0.15, 0.2) is 5.79 Å². The summed E-state index contributed by atoms with van der Waals surface area (Å²) in [4.78, 5) is 0. The van der Waals surface area contributed by atoms with Crippen molar-refractivity contribution in [3.63, 3.8) is 0 Å². The van der Waals surface area contributed by atoms with Crippen molar-refractivity contribution in [1.29, 1.82) is 0 Å². The second kappa shape index (κ2) is 2.86. The first-order valence-corrected chi connectivity index (χ1v) is 3.76. The molecule has 0 amide bonds. The molecule has 3 heteroatoms. The molecule has 0 aromatic heterocycles. The molecule has 0 atom stereocenters. The van der Waals surface area contributed by atoms with Crippen LogP contribution >= 0.6 is 0 Å². The predicted octanol–water partition coefficient (Wildman–Crippen LogP) is -0.313. The molecule has 10 heavy (non-hydrogen) atoms. The van der Waals surface area contributed by atoms with Gasteiger partial charge in [-0.1, -0.05) is 0 Å². The molecule has 0 radical (unpaired) electrons. The second-order valence-corrected chi connectivity index (χ2v) is 3.12. The average Bonchev–Trinajstić information content (AvgIpc) is 1.88. The summed E-state index contributed by atoms with van der Waals surface area (Å²) in [6.07, 6.45) is 1.73. The van der Waals surface area contributed by atoms with Gasteiger partial charge in [0.2, 0.25) is 0 Å². The molecule has 1 fully saturated rings. The first-order valence-electron chi connectivity index (χ1n) is 3.76. The van der Waals surface area contributed by atoms with Crippen LogP contribution in [0.2, 0.25) is 0 Å². The molecule has 1 rings (SSSR count). The summed E-state index contributed by atoms with van der Waals surface area (Å²) in [6, 6.07) is 0. The quantitative estimate of drug-likeness (QED) is 0.443. The maximum atomic E-state index is 9.17. The van der Waals surface area contributed by atoms with Gasteiger partial charge < -0.3 is 15.5 Å². The molecule has 60 valence electrons. The first-order chi connectivity index (χ1) is 4.61. The zero-order valence-corrected chi connectivity index (χ0v) is 6.30. The number of piperidine rings is 1. The van der Waals surface area contributed by atoms with Gasteiger partial charge in [-0.25, -0.2) is 0 Å². The van der Waals surface area contributed by atoms with Crippen molar-refractivity contribution >= 4 is 0 Å². The van der Waals surface area contributed by atoms with Crippen LogP contribution in [0, 0.1) is 5.92 Å². The van der Waals surface area contributed by atoms with Crippen LogP contribution in [-0.2, 0) is 0 Å². The van der Waals surface area contributed by atoms with Crippen molar-refractivity contribution in [1.82, 2.24) is 5.32 Å². The SMILES string of the molecule is CC(O)(O)C1CCNCC1. The molecular formula is C7H15NO2. The number of aliphatic hydroxyl groups is 2. The third-order valence-electron chi connectivity index (χ3n) is 2.11. The Morgan fingerprint density at radius 1 is 1.30 bits per heavy atom. The topological polar surface area (TPSA) is 52.5 Å². The summed E-state index contributed by atoms with van der Waals surface area (Å²) < 4.78 is 0. The normalized spacial score (nSPS) is 23.1. The highest BCUT2D eigenvalue weighted by Crippen LogP contribution is 2.22. The fraction of sp³-hybridized carbons (Fsp3) is 1.00. The van der Waals surface area contributed by atoms with Crippen LogP contribution in [0.5, 0.6) is 0 Å². The summed E-state index contributed by atoms with van der Waals surface area (Å²) in [6.45, 7) is 3.27. The van der Waals surface area contributed by atoms with Crippen LogP contribution in [0.4, 0.5) is 0 Å². The van der Waals surface area contributed by atoms with Gasteiger partial charge in [-0.3, -0.25) is 0 Å². The molecule has 0 aromatic carbocycles. The molecule has 3 N–H and O–H groups in total.